The lowest BCUT2D eigenvalue weighted by Crippen LogP contribution is -2.54. The highest BCUT2D eigenvalue weighted by molar-refractivity contribution is 8.18. The van der Waals surface area contributed by atoms with E-state index in [1.807, 2.05) is 0 Å². The number of hydrogen-bond donors (Lipinski definition) is 1. The lowest BCUT2D eigenvalue weighted by molar-refractivity contribution is -0.145. The zero-order chi connectivity index (χ0) is 25.6. The van der Waals surface area contributed by atoms with Crippen molar-refractivity contribution < 1.29 is 32.6 Å². The Morgan fingerprint density at radius 1 is 1.28 bits per heavy atom. The van der Waals surface area contributed by atoms with Crippen LogP contribution in [0.15, 0.2) is 52.5 Å². The largest absolute Gasteiger partial charge is 0.497 e. The molecule has 186 valence electrons. The molecule has 2 aliphatic heterocycles. The summed E-state index contributed by atoms with van der Waals surface area (Å²) in [4.78, 5) is 29.6. The lowest BCUT2D eigenvalue weighted by atomic mass is 10.1. The van der Waals surface area contributed by atoms with Crippen molar-refractivity contribution in [2.45, 2.75) is 25.2 Å². The summed E-state index contributed by atoms with van der Waals surface area (Å²) >= 11 is 1.12. The Morgan fingerprint density at radius 3 is 2.75 bits per heavy atom. The zero-order valence-electron chi connectivity index (χ0n) is 18.8. The topological polar surface area (TPSA) is 97.0 Å². The van der Waals surface area contributed by atoms with Crippen molar-refractivity contribution in [3.05, 3.63) is 64.2 Å². The van der Waals surface area contributed by atoms with Gasteiger partial charge in [0.05, 0.1) is 35.8 Å². The molecule has 12 heteroatoms. The number of methoxy groups -OCH3 is 1. The number of alkyl halides is 3. The van der Waals surface area contributed by atoms with Crippen molar-refractivity contribution >= 4 is 45.8 Å². The number of carboxylic acid groups (broad SMARTS) is 1. The first-order chi connectivity index (χ1) is 17.1. The van der Waals surface area contributed by atoms with Crippen LogP contribution in [0, 0.1) is 0 Å². The van der Waals surface area contributed by atoms with Crippen LogP contribution in [0.25, 0.3) is 17.0 Å². The van der Waals surface area contributed by atoms with Crippen LogP contribution < -0.4 is 4.74 Å². The molecule has 36 heavy (non-hydrogen) atoms. The number of hydrogen-bond acceptors (Lipinski definition) is 6. The van der Waals surface area contributed by atoms with Gasteiger partial charge in [0.1, 0.15) is 11.8 Å². The van der Waals surface area contributed by atoms with E-state index in [0.29, 0.717) is 39.5 Å². The molecule has 3 heterocycles. The predicted octanol–water partition coefficient (Wildman–Crippen LogP) is 4.24. The summed E-state index contributed by atoms with van der Waals surface area (Å²) in [6.07, 6.45) is -0.832. The number of aliphatic imine (C=N–C) groups is 1. The Balaban J connectivity index is 1.37. The SMILES string of the molecule is COc1ccc(Cn2ncc3cc(C=C4SC(N5CCC5C(=O)O)=NC4=O)ccc32)c(C(F)(F)F)c1. The first-order valence-electron chi connectivity index (χ1n) is 10.9. The van der Waals surface area contributed by atoms with Crippen LogP contribution in [-0.2, 0) is 22.3 Å². The van der Waals surface area contributed by atoms with E-state index in [4.69, 9.17) is 4.74 Å². The fourth-order valence-electron chi connectivity index (χ4n) is 4.11. The highest BCUT2D eigenvalue weighted by Crippen LogP contribution is 2.36. The normalized spacial score (nSPS) is 19.1. The van der Waals surface area contributed by atoms with E-state index in [-0.39, 0.29) is 17.9 Å². The maximum Gasteiger partial charge on any atom is 0.416 e. The molecule has 0 aliphatic carbocycles. The third-order valence-electron chi connectivity index (χ3n) is 6.07. The van der Waals surface area contributed by atoms with Gasteiger partial charge >= 0.3 is 12.1 Å². The number of rotatable bonds is 5. The number of fused-ring (bicyclic) bond motifs is 1. The quantitative estimate of drug-likeness (QED) is 0.507. The van der Waals surface area contributed by atoms with Gasteiger partial charge in [0.25, 0.3) is 5.91 Å². The number of aliphatic carboxylic acids is 1. The van der Waals surface area contributed by atoms with E-state index < -0.39 is 29.7 Å². The summed E-state index contributed by atoms with van der Waals surface area (Å²) < 4.78 is 47.2. The summed E-state index contributed by atoms with van der Waals surface area (Å²) in [5.74, 6) is -1.27. The fraction of sp³-hybridized carbons (Fsp3) is 0.250. The Labute approximate surface area is 207 Å². The van der Waals surface area contributed by atoms with E-state index in [1.54, 1.807) is 35.4 Å². The molecule has 0 saturated carbocycles. The molecular formula is C24H19F3N4O4S. The number of amides is 1. The van der Waals surface area contributed by atoms with E-state index in [1.165, 1.54) is 23.9 Å². The number of likely N-dealkylation sites (tertiary alicyclic amines) is 1. The Morgan fingerprint density at radius 2 is 2.08 bits per heavy atom. The van der Waals surface area contributed by atoms with Crippen molar-refractivity contribution in [1.29, 1.82) is 0 Å². The second kappa shape index (κ2) is 9.01. The first kappa shape index (κ1) is 23.9. The van der Waals surface area contributed by atoms with Crippen LogP contribution in [0.1, 0.15) is 23.1 Å². The number of nitrogens with zero attached hydrogens (tertiary/aromatic N) is 4. The maximum atomic E-state index is 13.6. The van der Waals surface area contributed by atoms with Crippen LogP contribution in [0.4, 0.5) is 13.2 Å². The molecule has 2 aliphatic rings. The van der Waals surface area contributed by atoms with Gasteiger partial charge in [-0.05, 0) is 59.7 Å². The molecule has 2 aromatic carbocycles. The third kappa shape index (κ3) is 4.43. The smallest absolute Gasteiger partial charge is 0.416 e. The second-order valence-electron chi connectivity index (χ2n) is 8.29. The fourth-order valence-corrected chi connectivity index (χ4v) is 5.10. The summed E-state index contributed by atoms with van der Waals surface area (Å²) in [6.45, 7) is 0.438. The Kier molecular flexibility index (Phi) is 5.99. The van der Waals surface area contributed by atoms with E-state index in [0.717, 1.165) is 17.8 Å². The minimum absolute atomic E-state index is 0.0581. The number of carbonyl (C=O) groups is 2. The molecule has 3 aromatic rings. The molecule has 1 fully saturated rings. The van der Waals surface area contributed by atoms with Crippen LogP contribution in [0.3, 0.4) is 0 Å². The lowest BCUT2D eigenvalue weighted by Gasteiger charge is -2.38. The van der Waals surface area contributed by atoms with Gasteiger partial charge in [-0.15, -0.1) is 0 Å². The van der Waals surface area contributed by atoms with Crippen molar-refractivity contribution in [3.8, 4) is 5.75 Å². The molecule has 1 atom stereocenters. The van der Waals surface area contributed by atoms with E-state index >= 15 is 0 Å². The number of amidine groups is 1. The van der Waals surface area contributed by atoms with Crippen LogP contribution in [-0.4, -0.2) is 56.5 Å². The van der Waals surface area contributed by atoms with Gasteiger partial charge in [0, 0.05) is 11.9 Å². The third-order valence-corrected chi connectivity index (χ3v) is 7.09. The number of halogens is 3. The van der Waals surface area contributed by atoms with Crippen LogP contribution in [0.2, 0.25) is 0 Å². The second-order valence-corrected chi connectivity index (χ2v) is 9.30. The molecular weight excluding hydrogens is 497 g/mol. The number of aromatic nitrogens is 2. The minimum Gasteiger partial charge on any atom is -0.497 e. The van der Waals surface area contributed by atoms with Crippen LogP contribution >= 0.6 is 11.8 Å². The number of ether oxygens (including phenoxy) is 1. The van der Waals surface area contributed by atoms with Gasteiger partial charge in [-0.1, -0.05) is 12.1 Å². The van der Waals surface area contributed by atoms with Gasteiger partial charge < -0.3 is 14.7 Å². The zero-order valence-corrected chi connectivity index (χ0v) is 19.6. The average Bonchev–Trinajstić information content (AvgIpc) is 3.35. The van der Waals surface area contributed by atoms with Gasteiger partial charge in [-0.25, -0.2) is 4.79 Å². The number of benzene rings is 2. The molecule has 5 rings (SSSR count). The maximum absolute atomic E-state index is 13.6. The highest BCUT2D eigenvalue weighted by Gasteiger charge is 2.39. The molecule has 8 nitrogen and oxygen atoms in total. The van der Waals surface area contributed by atoms with Crippen molar-refractivity contribution in [3.63, 3.8) is 0 Å². The first-order valence-corrected chi connectivity index (χ1v) is 11.7. The molecule has 0 radical (unpaired) electrons. The minimum atomic E-state index is -4.54. The van der Waals surface area contributed by atoms with Crippen molar-refractivity contribution in [2.75, 3.05) is 13.7 Å². The van der Waals surface area contributed by atoms with Gasteiger partial charge in [0.2, 0.25) is 0 Å². The summed E-state index contributed by atoms with van der Waals surface area (Å²) in [5.41, 5.74) is 0.594. The van der Waals surface area contributed by atoms with Gasteiger partial charge in [-0.2, -0.15) is 23.3 Å². The Hall–Kier alpha value is -3.80. The standard InChI is InChI=1S/C24H19F3N4O4S/c1-35-16-4-3-14(17(10-16)24(25,26)27)12-31-18-5-2-13(8-15(18)11-28-31)9-20-21(32)29-23(36-20)30-7-6-19(30)22(33)34/h2-5,8-11,19H,6-7,12H2,1H3,(H,33,34). The van der Waals surface area contributed by atoms with Crippen molar-refractivity contribution in [1.82, 2.24) is 14.7 Å². The average molecular weight is 517 g/mol. The predicted molar refractivity (Wildman–Crippen MR) is 128 cm³/mol. The van der Waals surface area contributed by atoms with Crippen LogP contribution in [0.5, 0.6) is 5.75 Å². The molecule has 1 N–H and O–H groups in total. The van der Waals surface area contributed by atoms with E-state index in [9.17, 15) is 27.9 Å². The number of carboxylic acids is 1. The molecule has 0 bridgehead atoms. The molecule has 1 amide bonds. The molecule has 1 saturated heterocycles. The summed E-state index contributed by atoms with van der Waals surface area (Å²) in [6, 6.07) is 8.40. The highest BCUT2D eigenvalue weighted by atomic mass is 32.2. The molecule has 1 unspecified atom stereocenters. The van der Waals surface area contributed by atoms with E-state index in [2.05, 4.69) is 10.1 Å². The van der Waals surface area contributed by atoms with Crippen molar-refractivity contribution in [2.24, 2.45) is 4.99 Å². The van der Waals surface area contributed by atoms with Gasteiger partial charge in [-0.3, -0.25) is 9.48 Å². The monoisotopic (exact) mass is 516 g/mol. The molecule has 0 spiro atoms. The Bertz CT molecular complexity index is 1450. The summed E-state index contributed by atoms with van der Waals surface area (Å²) in [5, 5.41) is 14.6. The van der Waals surface area contributed by atoms with Gasteiger partial charge in [0.15, 0.2) is 5.17 Å². The number of carbonyl (C=O) groups excluding carboxylic acids is 1. The summed E-state index contributed by atoms with van der Waals surface area (Å²) in [7, 11) is 1.31. The number of thioether (sulfide) groups is 1. The molecule has 1 aromatic heterocycles.